The summed E-state index contributed by atoms with van der Waals surface area (Å²) >= 11 is 0. The maximum atomic E-state index is 13.2. The first kappa shape index (κ1) is 18.3. The molecular formula is C21H24N4O3. The molecule has 0 bridgehead atoms. The van der Waals surface area contributed by atoms with E-state index in [2.05, 4.69) is 23.4 Å². The Hall–Kier alpha value is -3.09. The van der Waals surface area contributed by atoms with Gasteiger partial charge in [-0.2, -0.15) is 0 Å². The molecule has 28 heavy (non-hydrogen) atoms. The molecule has 0 N–H and O–H groups in total. The van der Waals surface area contributed by atoms with E-state index in [9.17, 15) is 4.79 Å². The van der Waals surface area contributed by atoms with Gasteiger partial charge < -0.3 is 18.9 Å². The average molecular weight is 380 g/mol. The Kier molecular flexibility index (Phi) is 5.14. The van der Waals surface area contributed by atoms with E-state index in [0.717, 1.165) is 36.4 Å². The van der Waals surface area contributed by atoms with Gasteiger partial charge in [-0.05, 0) is 43.2 Å². The Morgan fingerprint density at radius 3 is 2.86 bits per heavy atom. The van der Waals surface area contributed by atoms with Gasteiger partial charge in [0.2, 0.25) is 6.79 Å². The number of aryl methyl sites for hydroxylation is 1. The Morgan fingerprint density at radius 2 is 2.04 bits per heavy atom. The van der Waals surface area contributed by atoms with Crippen LogP contribution in [0.2, 0.25) is 0 Å². The molecule has 2 aromatic heterocycles. The van der Waals surface area contributed by atoms with Crippen molar-refractivity contribution in [1.29, 1.82) is 0 Å². The number of hydrogen-bond acceptors (Lipinski definition) is 5. The SMILES string of the molecule is CCCN(Cc1nc2cccnc2n1CCC)C(=O)c1ccc2c(c1)OCO2. The molecule has 1 aliphatic heterocycles. The van der Waals surface area contributed by atoms with Crippen molar-refractivity contribution in [3.63, 3.8) is 0 Å². The van der Waals surface area contributed by atoms with Crippen LogP contribution in [0.15, 0.2) is 36.5 Å². The maximum absolute atomic E-state index is 13.2. The first-order valence-electron chi connectivity index (χ1n) is 9.70. The highest BCUT2D eigenvalue weighted by Crippen LogP contribution is 2.33. The molecule has 1 aliphatic rings. The van der Waals surface area contributed by atoms with Gasteiger partial charge >= 0.3 is 0 Å². The third-order valence-electron chi connectivity index (χ3n) is 4.76. The second-order valence-corrected chi connectivity index (χ2v) is 6.82. The Labute approximate surface area is 163 Å². The largest absolute Gasteiger partial charge is 0.454 e. The normalized spacial score (nSPS) is 12.5. The number of imidazole rings is 1. The van der Waals surface area contributed by atoms with Crippen LogP contribution in [0.25, 0.3) is 11.2 Å². The molecule has 0 aliphatic carbocycles. The predicted octanol–water partition coefficient (Wildman–Crippen LogP) is 3.62. The molecule has 146 valence electrons. The van der Waals surface area contributed by atoms with Crippen LogP contribution in [0.1, 0.15) is 42.9 Å². The molecule has 0 atom stereocenters. The van der Waals surface area contributed by atoms with E-state index in [1.165, 1.54) is 0 Å². The lowest BCUT2D eigenvalue weighted by Crippen LogP contribution is -2.32. The molecule has 0 fully saturated rings. The smallest absolute Gasteiger partial charge is 0.254 e. The number of aromatic nitrogens is 3. The zero-order valence-electron chi connectivity index (χ0n) is 16.2. The molecular weight excluding hydrogens is 356 g/mol. The lowest BCUT2D eigenvalue weighted by Gasteiger charge is -2.22. The first-order valence-corrected chi connectivity index (χ1v) is 9.70. The van der Waals surface area contributed by atoms with Crippen LogP contribution in [-0.2, 0) is 13.1 Å². The number of hydrogen-bond donors (Lipinski definition) is 0. The first-order chi connectivity index (χ1) is 13.7. The molecule has 4 rings (SSSR count). The molecule has 1 amide bonds. The van der Waals surface area contributed by atoms with Crippen LogP contribution in [0.3, 0.4) is 0 Å². The van der Waals surface area contributed by atoms with E-state index >= 15 is 0 Å². The minimum Gasteiger partial charge on any atom is -0.454 e. The number of benzene rings is 1. The second kappa shape index (κ2) is 7.88. The van der Waals surface area contributed by atoms with Crippen LogP contribution >= 0.6 is 0 Å². The van der Waals surface area contributed by atoms with Crippen LogP contribution in [-0.4, -0.2) is 38.7 Å². The van der Waals surface area contributed by atoms with Gasteiger partial charge in [-0.3, -0.25) is 4.79 Å². The quantitative estimate of drug-likeness (QED) is 0.626. The zero-order chi connectivity index (χ0) is 19.5. The number of carbonyl (C=O) groups is 1. The maximum Gasteiger partial charge on any atom is 0.254 e. The Bertz CT molecular complexity index is 998. The van der Waals surface area contributed by atoms with Gasteiger partial charge in [0.05, 0.1) is 6.54 Å². The van der Waals surface area contributed by atoms with Crippen molar-refractivity contribution in [2.75, 3.05) is 13.3 Å². The highest BCUT2D eigenvalue weighted by molar-refractivity contribution is 5.95. The third-order valence-corrected chi connectivity index (χ3v) is 4.76. The molecule has 0 radical (unpaired) electrons. The molecule has 0 unspecified atom stereocenters. The van der Waals surface area contributed by atoms with E-state index in [1.54, 1.807) is 24.4 Å². The van der Waals surface area contributed by atoms with Crippen molar-refractivity contribution in [1.82, 2.24) is 19.4 Å². The number of pyridine rings is 1. The molecule has 1 aromatic carbocycles. The molecule has 3 heterocycles. The fourth-order valence-electron chi connectivity index (χ4n) is 3.49. The number of carbonyl (C=O) groups excluding carboxylic acids is 1. The van der Waals surface area contributed by atoms with Gasteiger partial charge in [-0.15, -0.1) is 0 Å². The fraction of sp³-hybridized carbons (Fsp3) is 0.381. The van der Waals surface area contributed by atoms with Crippen LogP contribution in [0.4, 0.5) is 0 Å². The second-order valence-electron chi connectivity index (χ2n) is 6.82. The van der Waals surface area contributed by atoms with Crippen molar-refractivity contribution in [3.05, 3.63) is 47.9 Å². The monoisotopic (exact) mass is 380 g/mol. The van der Waals surface area contributed by atoms with Crippen molar-refractivity contribution >= 4 is 17.1 Å². The molecule has 7 nitrogen and oxygen atoms in total. The van der Waals surface area contributed by atoms with E-state index in [4.69, 9.17) is 14.5 Å². The van der Waals surface area contributed by atoms with Crippen LogP contribution in [0.5, 0.6) is 11.5 Å². The van der Waals surface area contributed by atoms with E-state index in [0.29, 0.717) is 30.2 Å². The lowest BCUT2D eigenvalue weighted by atomic mass is 10.1. The summed E-state index contributed by atoms with van der Waals surface area (Å²) in [6.45, 7) is 6.30. The van der Waals surface area contributed by atoms with Crippen LogP contribution in [0, 0.1) is 0 Å². The topological polar surface area (TPSA) is 69.5 Å². The summed E-state index contributed by atoms with van der Waals surface area (Å²) in [6, 6.07) is 9.17. The summed E-state index contributed by atoms with van der Waals surface area (Å²) in [5.74, 6) is 2.11. The number of nitrogens with zero attached hydrogens (tertiary/aromatic N) is 4. The van der Waals surface area contributed by atoms with Crippen molar-refractivity contribution in [2.24, 2.45) is 0 Å². The lowest BCUT2D eigenvalue weighted by molar-refractivity contribution is 0.0737. The zero-order valence-corrected chi connectivity index (χ0v) is 16.2. The molecule has 0 saturated heterocycles. The summed E-state index contributed by atoms with van der Waals surface area (Å²) < 4.78 is 12.9. The fourth-order valence-corrected chi connectivity index (χ4v) is 3.49. The number of ether oxygens (including phenoxy) is 2. The van der Waals surface area contributed by atoms with Gasteiger partial charge in [-0.1, -0.05) is 13.8 Å². The molecule has 0 spiro atoms. The Balaban J connectivity index is 1.64. The summed E-state index contributed by atoms with van der Waals surface area (Å²) in [7, 11) is 0. The van der Waals surface area contributed by atoms with Crippen LogP contribution < -0.4 is 9.47 Å². The summed E-state index contributed by atoms with van der Waals surface area (Å²) in [5, 5.41) is 0. The highest BCUT2D eigenvalue weighted by Gasteiger charge is 2.22. The van der Waals surface area contributed by atoms with Gasteiger partial charge in [0, 0.05) is 24.8 Å². The predicted molar refractivity (Wildman–Crippen MR) is 105 cm³/mol. The van der Waals surface area contributed by atoms with E-state index in [-0.39, 0.29) is 12.7 Å². The van der Waals surface area contributed by atoms with E-state index in [1.807, 2.05) is 17.0 Å². The molecule has 3 aromatic rings. The number of fused-ring (bicyclic) bond motifs is 2. The number of rotatable bonds is 7. The summed E-state index contributed by atoms with van der Waals surface area (Å²) in [6.07, 6.45) is 3.61. The average Bonchev–Trinajstić information content (AvgIpc) is 3.31. The Morgan fingerprint density at radius 1 is 1.18 bits per heavy atom. The number of amides is 1. The molecule has 0 saturated carbocycles. The minimum absolute atomic E-state index is 0.0387. The van der Waals surface area contributed by atoms with Gasteiger partial charge in [0.15, 0.2) is 17.1 Å². The summed E-state index contributed by atoms with van der Waals surface area (Å²) in [5.41, 5.74) is 2.32. The third kappa shape index (κ3) is 3.40. The van der Waals surface area contributed by atoms with Crippen molar-refractivity contribution in [2.45, 2.75) is 39.8 Å². The summed E-state index contributed by atoms with van der Waals surface area (Å²) in [4.78, 5) is 24.3. The standard InChI is InChI=1S/C21H24N4O3/c1-3-10-24(21(26)15-7-8-17-18(12-15)28-14-27-17)13-19-23-16-6-5-9-22-20(16)25(19)11-4-2/h5-9,12H,3-4,10-11,13-14H2,1-2H3. The van der Waals surface area contributed by atoms with Gasteiger partial charge in [0.25, 0.3) is 5.91 Å². The van der Waals surface area contributed by atoms with Crippen molar-refractivity contribution < 1.29 is 14.3 Å². The van der Waals surface area contributed by atoms with Gasteiger partial charge in [0.1, 0.15) is 11.3 Å². The van der Waals surface area contributed by atoms with Gasteiger partial charge in [-0.25, -0.2) is 9.97 Å². The molecule has 7 heteroatoms. The van der Waals surface area contributed by atoms with Crippen molar-refractivity contribution in [3.8, 4) is 11.5 Å². The van der Waals surface area contributed by atoms with E-state index < -0.39 is 0 Å². The minimum atomic E-state index is -0.0387. The highest BCUT2D eigenvalue weighted by atomic mass is 16.7.